The maximum Gasteiger partial charge on any atom is 0.433 e. The molecule has 0 saturated heterocycles. The molecule has 0 radical (unpaired) electrons. The van der Waals surface area contributed by atoms with E-state index >= 15 is 0 Å². The number of aromatic nitrogens is 2. The highest BCUT2D eigenvalue weighted by molar-refractivity contribution is 7.07. The average Bonchev–Trinajstić information content (AvgIpc) is 2.80. The Morgan fingerprint density at radius 3 is 2.79 bits per heavy atom. The number of hydrogen-bond donors (Lipinski definition) is 1. The minimum absolute atomic E-state index is 0.00226. The van der Waals surface area contributed by atoms with Gasteiger partial charge in [0.15, 0.2) is 0 Å². The fourth-order valence-electron chi connectivity index (χ4n) is 1.62. The van der Waals surface area contributed by atoms with Crippen molar-refractivity contribution in [3.63, 3.8) is 0 Å². The second-order valence-electron chi connectivity index (χ2n) is 4.14. The summed E-state index contributed by atoms with van der Waals surface area (Å²) >= 11 is 1.59. The van der Waals surface area contributed by atoms with Crippen molar-refractivity contribution in [2.24, 2.45) is 0 Å². The molecule has 1 atom stereocenters. The highest BCUT2D eigenvalue weighted by Gasteiger charge is 2.32. The van der Waals surface area contributed by atoms with Crippen LogP contribution in [0.15, 0.2) is 29.1 Å². The SMILES string of the molecule is CC(Cc1ccsc1)Nc1nccc(C(F)(F)F)n1. The maximum absolute atomic E-state index is 12.5. The number of thiophene rings is 1. The summed E-state index contributed by atoms with van der Waals surface area (Å²) in [6, 6.07) is 2.79. The van der Waals surface area contributed by atoms with Gasteiger partial charge in [0.2, 0.25) is 5.95 Å². The summed E-state index contributed by atoms with van der Waals surface area (Å²) in [5.74, 6) is -0.00226. The second-order valence-corrected chi connectivity index (χ2v) is 4.92. The van der Waals surface area contributed by atoms with E-state index in [9.17, 15) is 13.2 Å². The van der Waals surface area contributed by atoms with Crippen LogP contribution in [-0.4, -0.2) is 16.0 Å². The molecule has 0 aliphatic heterocycles. The zero-order valence-corrected chi connectivity index (χ0v) is 10.9. The first-order valence-corrected chi connectivity index (χ1v) is 6.57. The Hall–Kier alpha value is -1.63. The number of alkyl halides is 3. The third kappa shape index (κ3) is 3.92. The third-order valence-electron chi connectivity index (χ3n) is 2.44. The van der Waals surface area contributed by atoms with Gasteiger partial charge in [0, 0.05) is 12.2 Å². The summed E-state index contributed by atoms with van der Waals surface area (Å²) in [6.45, 7) is 1.88. The van der Waals surface area contributed by atoms with Crippen molar-refractivity contribution in [2.75, 3.05) is 5.32 Å². The zero-order valence-electron chi connectivity index (χ0n) is 10.1. The van der Waals surface area contributed by atoms with Crippen molar-refractivity contribution in [1.82, 2.24) is 9.97 Å². The molecule has 0 aliphatic carbocycles. The highest BCUT2D eigenvalue weighted by atomic mass is 32.1. The van der Waals surface area contributed by atoms with Crippen molar-refractivity contribution in [3.05, 3.63) is 40.3 Å². The Morgan fingerprint density at radius 1 is 1.37 bits per heavy atom. The van der Waals surface area contributed by atoms with Crippen molar-refractivity contribution in [1.29, 1.82) is 0 Å². The first-order chi connectivity index (χ1) is 8.95. The van der Waals surface area contributed by atoms with E-state index in [1.807, 2.05) is 23.8 Å². The first kappa shape index (κ1) is 13.8. The van der Waals surface area contributed by atoms with Gasteiger partial charge < -0.3 is 5.32 Å². The molecule has 102 valence electrons. The largest absolute Gasteiger partial charge is 0.433 e. The van der Waals surface area contributed by atoms with Crippen LogP contribution >= 0.6 is 11.3 Å². The van der Waals surface area contributed by atoms with Gasteiger partial charge in [-0.1, -0.05) is 0 Å². The van der Waals surface area contributed by atoms with E-state index in [4.69, 9.17) is 0 Å². The fraction of sp³-hybridized carbons (Fsp3) is 0.333. The van der Waals surface area contributed by atoms with Gasteiger partial charge in [0.05, 0.1) is 0 Å². The van der Waals surface area contributed by atoms with Crippen LogP contribution < -0.4 is 5.32 Å². The molecular weight excluding hydrogens is 275 g/mol. The van der Waals surface area contributed by atoms with Gasteiger partial charge in [-0.25, -0.2) is 9.97 Å². The second kappa shape index (κ2) is 5.56. The fourth-order valence-corrected chi connectivity index (χ4v) is 2.30. The summed E-state index contributed by atoms with van der Waals surface area (Å²) in [6.07, 6.45) is -2.63. The molecule has 7 heteroatoms. The van der Waals surface area contributed by atoms with E-state index in [1.54, 1.807) is 11.3 Å². The average molecular weight is 287 g/mol. The molecule has 0 saturated carbocycles. The standard InChI is InChI=1S/C12H12F3N3S/c1-8(6-9-3-5-19-7-9)17-11-16-4-2-10(18-11)12(13,14)15/h2-5,7-8H,6H2,1H3,(H,16,17,18). The highest BCUT2D eigenvalue weighted by Crippen LogP contribution is 2.27. The van der Waals surface area contributed by atoms with E-state index in [2.05, 4.69) is 15.3 Å². The van der Waals surface area contributed by atoms with Crippen LogP contribution in [0, 0.1) is 0 Å². The Morgan fingerprint density at radius 2 is 2.16 bits per heavy atom. The van der Waals surface area contributed by atoms with Gasteiger partial charge in [-0.05, 0) is 41.8 Å². The van der Waals surface area contributed by atoms with Gasteiger partial charge in [-0.2, -0.15) is 24.5 Å². The van der Waals surface area contributed by atoms with Gasteiger partial charge in [0.25, 0.3) is 0 Å². The third-order valence-corrected chi connectivity index (χ3v) is 3.18. The molecule has 1 unspecified atom stereocenters. The van der Waals surface area contributed by atoms with Crippen LogP contribution in [0.2, 0.25) is 0 Å². The molecule has 2 heterocycles. The predicted molar refractivity (Wildman–Crippen MR) is 68.1 cm³/mol. The van der Waals surface area contributed by atoms with Crippen LogP contribution in [-0.2, 0) is 12.6 Å². The smallest absolute Gasteiger partial charge is 0.351 e. The van der Waals surface area contributed by atoms with Crippen LogP contribution in [0.4, 0.5) is 19.1 Å². The van der Waals surface area contributed by atoms with Crippen LogP contribution in [0.1, 0.15) is 18.2 Å². The summed E-state index contributed by atoms with van der Waals surface area (Å²) in [5, 5.41) is 6.84. The summed E-state index contributed by atoms with van der Waals surface area (Å²) in [4.78, 5) is 7.27. The molecule has 0 aliphatic rings. The zero-order chi connectivity index (χ0) is 13.9. The van der Waals surface area contributed by atoms with E-state index < -0.39 is 11.9 Å². The predicted octanol–water partition coefficient (Wildman–Crippen LogP) is 3.60. The lowest BCUT2D eigenvalue weighted by atomic mass is 10.1. The topological polar surface area (TPSA) is 37.8 Å². The number of hydrogen-bond acceptors (Lipinski definition) is 4. The number of anilines is 1. The molecule has 2 rings (SSSR count). The van der Waals surface area contributed by atoms with Gasteiger partial charge in [0.1, 0.15) is 5.69 Å². The summed E-state index contributed by atoms with van der Waals surface area (Å²) in [7, 11) is 0. The number of nitrogens with one attached hydrogen (secondary N) is 1. The summed E-state index contributed by atoms with van der Waals surface area (Å²) < 4.78 is 37.5. The van der Waals surface area contributed by atoms with Crippen molar-refractivity contribution >= 4 is 17.3 Å². The molecule has 0 bridgehead atoms. The number of halogens is 3. The normalized spacial score (nSPS) is 13.3. The molecule has 1 N–H and O–H groups in total. The van der Waals surface area contributed by atoms with Crippen LogP contribution in [0.5, 0.6) is 0 Å². The lowest BCUT2D eigenvalue weighted by Gasteiger charge is -2.14. The number of nitrogens with zero attached hydrogens (tertiary/aromatic N) is 2. The molecule has 3 nitrogen and oxygen atoms in total. The van der Waals surface area contributed by atoms with E-state index in [-0.39, 0.29) is 12.0 Å². The van der Waals surface area contributed by atoms with Crippen LogP contribution in [0.25, 0.3) is 0 Å². The minimum Gasteiger partial charge on any atom is -0.351 e. The van der Waals surface area contributed by atoms with Gasteiger partial charge >= 0.3 is 6.18 Å². The minimum atomic E-state index is -4.45. The van der Waals surface area contributed by atoms with E-state index in [0.29, 0.717) is 6.42 Å². The Labute approximate surface area is 112 Å². The molecule has 2 aromatic rings. The Balaban J connectivity index is 2.03. The molecule has 0 aromatic carbocycles. The summed E-state index contributed by atoms with van der Waals surface area (Å²) in [5.41, 5.74) is 0.199. The van der Waals surface area contributed by atoms with Crippen LogP contribution in [0.3, 0.4) is 0 Å². The van der Waals surface area contributed by atoms with Crippen molar-refractivity contribution < 1.29 is 13.2 Å². The van der Waals surface area contributed by atoms with E-state index in [0.717, 1.165) is 17.8 Å². The lowest BCUT2D eigenvalue weighted by molar-refractivity contribution is -0.141. The maximum atomic E-state index is 12.5. The molecule has 2 aromatic heterocycles. The van der Waals surface area contributed by atoms with Gasteiger partial charge in [-0.15, -0.1) is 0 Å². The monoisotopic (exact) mass is 287 g/mol. The molecule has 19 heavy (non-hydrogen) atoms. The first-order valence-electron chi connectivity index (χ1n) is 5.63. The van der Waals surface area contributed by atoms with Gasteiger partial charge in [-0.3, -0.25) is 0 Å². The molecule has 0 amide bonds. The molecular formula is C12H12F3N3S. The van der Waals surface area contributed by atoms with Crippen molar-refractivity contribution in [2.45, 2.75) is 25.6 Å². The molecule has 0 fully saturated rings. The Kier molecular flexibility index (Phi) is 4.04. The molecule has 0 spiro atoms. The quantitative estimate of drug-likeness (QED) is 0.933. The number of rotatable bonds is 4. The van der Waals surface area contributed by atoms with E-state index in [1.165, 1.54) is 0 Å². The van der Waals surface area contributed by atoms with Crippen molar-refractivity contribution in [3.8, 4) is 0 Å². The Bertz CT molecular complexity index is 525. The lowest BCUT2D eigenvalue weighted by Crippen LogP contribution is -2.20.